The SMILES string of the molecule is Cc1ccc(S(=O)(=O)N2CCC(NC(=O)OC(C)(C)C)CC2)cc1. The molecule has 1 aromatic rings. The molecule has 1 aliphatic heterocycles. The molecule has 1 aliphatic rings. The Labute approximate surface area is 144 Å². The third-order valence-electron chi connectivity index (χ3n) is 3.83. The normalized spacial score (nSPS) is 17.5. The third-order valence-corrected chi connectivity index (χ3v) is 5.75. The molecule has 7 heteroatoms. The smallest absolute Gasteiger partial charge is 0.407 e. The van der Waals surface area contributed by atoms with Gasteiger partial charge in [0.1, 0.15) is 5.60 Å². The summed E-state index contributed by atoms with van der Waals surface area (Å²) < 4.78 is 32.0. The van der Waals surface area contributed by atoms with Crippen molar-refractivity contribution in [2.75, 3.05) is 13.1 Å². The minimum absolute atomic E-state index is 0.0654. The Morgan fingerprint density at radius 1 is 1.17 bits per heavy atom. The lowest BCUT2D eigenvalue weighted by molar-refractivity contribution is 0.0489. The molecular formula is C17H26N2O4S. The summed E-state index contributed by atoms with van der Waals surface area (Å²) in [4.78, 5) is 12.1. The van der Waals surface area contributed by atoms with E-state index in [2.05, 4.69) is 5.32 Å². The van der Waals surface area contributed by atoms with E-state index >= 15 is 0 Å². The molecule has 0 aromatic heterocycles. The predicted octanol–water partition coefficient (Wildman–Crippen LogP) is 2.67. The highest BCUT2D eigenvalue weighted by Crippen LogP contribution is 2.21. The standard InChI is InChI=1S/C17H26N2O4S/c1-13-5-7-15(8-6-13)24(21,22)19-11-9-14(10-12-19)18-16(20)23-17(2,3)4/h5-8,14H,9-12H2,1-4H3,(H,18,20). The van der Waals surface area contributed by atoms with Gasteiger partial charge in [-0.1, -0.05) is 17.7 Å². The van der Waals surface area contributed by atoms with Crippen LogP contribution in [-0.4, -0.2) is 43.5 Å². The fourth-order valence-electron chi connectivity index (χ4n) is 2.57. The Bertz CT molecular complexity index is 670. The van der Waals surface area contributed by atoms with Crippen LogP contribution in [0.3, 0.4) is 0 Å². The van der Waals surface area contributed by atoms with E-state index < -0.39 is 21.7 Å². The van der Waals surface area contributed by atoms with Crippen molar-refractivity contribution in [3.8, 4) is 0 Å². The van der Waals surface area contributed by atoms with Crippen LogP contribution in [0.5, 0.6) is 0 Å². The van der Waals surface area contributed by atoms with Crippen LogP contribution in [0.2, 0.25) is 0 Å². The quantitative estimate of drug-likeness (QED) is 0.905. The summed E-state index contributed by atoms with van der Waals surface area (Å²) in [5, 5.41) is 2.81. The zero-order valence-corrected chi connectivity index (χ0v) is 15.5. The van der Waals surface area contributed by atoms with E-state index in [0.29, 0.717) is 30.8 Å². The monoisotopic (exact) mass is 354 g/mol. The number of nitrogens with zero attached hydrogens (tertiary/aromatic N) is 1. The second kappa shape index (κ2) is 7.11. The maximum absolute atomic E-state index is 12.6. The van der Waals surface area contributed by atoms with Crippen molar-refractivity contribution in [3.05, 3.63) is 29.8 Å². The van der Waals surface area contributed by atoms with Gasteiger partial charge in [-0.3, -0.25) is 0 Å². The molecule has 1 fully saturated rings. The molecule has 134 valence electrons. The number of nitrogens with one attached hydrogen (secondary N) is 1. The van der Waals surface area contributed by atoms with Crippen molar-refractivity contribution < 1.29 is 17.9 Å². The summed E-state index contributed by atoms with van der Waals surface area (Å²) in [7, 11) is -3.47. The van der Waals surface area contributed by atoms with Gasteiger partial charge in [-0.15, -0.1) is 0 Å². The van der Waals surface area contributed by atoms with Gasteiger partial charge in [0.25, 0.3) is 0 Å². The molecule has 1 N–H and O–H groups in total. The van der Waals surface area contributed by atoms with E-state index in [1.165, 1.54) is 4.31 Å². The highest BCUT2D eigenvalue weighted by Gasteiger charge is 2.30. The second-order valence-electron chi connectivity index (χ2n) is 7.14. The molecule has 24 heavy (non-hydrogen) atoms. The van der Waals surface area contributed by atoms with Crippen LogP contribution < -0.4 is 5.32 Å². The molecule has 0 spiro atoms. The molecule has 0 radical (unpaired) electrons. The van der Waals surface area contributed by atoms with Gasteiger partial charge in [0.2, 0.25) is 10.0 Å². The van der Waals surface area contributed by atoms with Crippen molar-refractivity contribution in [1.29, 1.82) is 0 Å². The van der Waals surface area contributed by atoms with Crippen LogP contribution in [0.25, 0.3) is 0 Å². The summed E-state index contributed by atoms with van der Waals surface area (Å²) in [6, 6.07) is 6.79. The zero-order valence-electron chi connectivity index (χ0n) is 14.7. The molecule has 0 unspecified atom stereocenters. The number of alkyl carbamates (subject to hydrolysis) is 1. The molecule has 6 nitrogen and oxygen atoms in total. The summed E-state index contributed by atoms with van der Waals surface area (Å²) in [6.45, 7) is 8.12. The van der Waals surface area contributed by atoms with Crippen molar-refractivity contribution in [3.63, 3.8) is 0 Å². The molecule has 1 heterocycles. The zero-order chi connectivity index (χ0) is 18.0. The number of rotatable bonds is 3. The first-order valence-corrected chi connectivity index (χ1v) is 9.58. The molecule has 1 aromatic carbocycles. The molecule has 0 aliphatic carbocycles. The van der Waals surface area contributed by atoms with E-state index in [1.54, 1.807) is 24.3 Å². The van der Waals surface area contributed by atoms with E-state index in [1.807, 2.05) is 27.7 Å². The van der Waals surface area contributed by atoms with Gasteiger partial charge in [0, 0.05) is 19.1 Å². The van der Waals surface area contributed by atoms with E-state index in [9.17, 15) is 13.2 Å². The topological polar surface area (TPSA) is 75.7 Å². The number of amides is 1. The van der Waals surface area contributed by atoms with Crippen LogP contribution in [0.1, 0.15) is 39.2 Å². The number of hydrogen-bond acceptors (Lipinski definition) is 4. The molecule has 0 bridgehead atoms. The van der Waals surface area contributed by atoms with Crippen molar-refractivity contribution in [2.24, 2.45) is 0 Å². The molecule has 2 rings (SSSR count). The van der Waals surface area contributed by atoms with Gasteiger partial charge >= 0.3 is 6.09 Å². The number of benzene rings is 1. The Kier molecular flexibility index (Phi) is 5.55. The van der Waals surface area contributed by atoms with Crippen LogP contribution in [0.15, 0.2) is 29.2 Å². The first kappa shape index (κ1) is 18.7. The van der Waals surface area contributed by atoms with Crippen molar-refractivity contribution in [1.82, 2.24) is 9.62 Å². The summed E-state index contributed by atoms with van der Waals surface area (Å²) in [5.41, 5.74) is 0.480. The summed E-state index contributed by atoms with van der Waals surface area (Å²) >= 11 is 0. The number of sulfonamides is 1. The van der Waals surface area contributed by atoms with Crippen LogP contribution in [0.4, 0.5) is 4.79 Å². The maximum Gasteiger partial charge on any atom is 0.407 e. The van der Waals surface area contributed by atoms with Crippen LogP contribution in [0, 0.1) is 6.92 Å². The minimum atomic E-state index is -3.47. The Balaban J connectivity index is 1.92. The summed E-state index contributed by atoms with van der Waals surface area (Å²) in [6.07, 6.45) is 0.691. The maximum atomic E-state index is 12.6. The average molecular weight is 354 g/mol. The number of carbonyl (C=O) groups is 1. The molecule has 1 saturated heterocycles. The fourth-order valence-corrected chi connectivity index (χ4v) is 4.04. The van der Waals surface area contributed by atoms with Crippen LogP contribution in [-0.2, 0) is 14.8 Å². The number of hydrogen-bond donors (Lipinski definition) is 1. The number of ether oxygens (including phenoxy) is 1. The number of carbonyl (C=O) groups excluding carboxylic acids is 1. The van der Waals surface area contributed by atoms with Gasteiger partial charge in [-0.2, -0.15) is 4.31 Å². The van der Waals surface area contributed by atoms with E-state index in [4.69, 9.17) is 4.74 Å². The highest BCUT2D eigenvalue weighted by molar-refractivity contribution is 7.89. The minimum Gasteiger partial charge on any atom is -0.444 e. The molecule has 0 saturated carbocycles. The van der Waals surface area contributed by atoms with Crippen molar-refractivity contribution >= 4 is 16.1 Å². The van der Waals surface area contributed by atoms with Gasteiger partial charge in [0.15, 0.2) is 0 Å². The lowest BCUT2D eigenvalue weighted by Gasteiger charge is -2.32. The lowest BCUT2D eigenvalue weighted by atomic mass is 10.1. The molecular weight excluding hydrogens is 328 g/mol. The highest BCUT2D eigenvalue weighted by atomic mass is 32.2. The molecule has 1 amide bonds. The fraction of sp³-hybridized carbons (Fsp3) is 0.588. The summed E-state index contributed by atoms with van der Waals surface area (Å²) in [5.74, 6) is 0. The second-order valence-corrected chi connectivity index (χ2v) is 9.08. The predicted molar refractivity (Wildman–Crippen MR) is 92.3 cm³/mol. The third kappa shape index (κ3) is 4.95. The van der Waals surface area contributed by atoms with E-state index in [-0.39, 0.29) is 6.04 Å². The molecule has 0 atom stereocenters. The van der Waals surface area contributed by atoms with Gasteiger partial charge in [-0.05, 0) is 52.7 Å². The Morgan fingerprint density at radius 3 is 2.21 bits per heavy atom. The average Bonchev–Trinajstić information content (AvgIpc) is 2.46. The Morgan fingerprint density at radius 2 is 1.71 bits per heavy atom. The Hall–Kier alpha value is -1.60. The first-order chi connectivity index (χ1) is 11.1. The van der Waals surface area contributed by atoms with Gasteiger partial charge < -0.3 is 10.1 Å². The van der Waals surface area contributed by atoms with Crippen LogP contribution >= 0.6 is 0 Å². The van der Waals surface area contributed by atoms with Gasteiger partial charge in [-0.25, -0.2) is 13.2 Å². The first-order valence-electron chi connectivity index (χ1n) is 8.14. The number of piperidine rings is 1. The lowest BCUT2D eigenvalue weighted by Crippen LogP contribution is -2.47. The largest absolute Gasteiger partial charge is 0.444 e. The van der Waals surface area contributed by atoms with Crippen molar-refractivity contribution in [2.45, 2.75) is 57.1 Å². The van der Waals surface area contributed by atoms with E-state index in [0.717, 1.165) is 5.56 Å². The number of aryl methyl sites for hydroxylation is 1. The van der Waals surface area contributed by atoms with Gasteiger partial charge in [0.05, 0.1) is 4.90 Å².